The van der Waals surface area contributed by atoms with Crippen molar-refractivity contribution in [3.05, 3.63) is 59.7 Å². The average Bonchev–Trinajstić information content (AvgIpc) is 2.63. The van der Waals surface area contributed by atoms with Gasteiger partial charge in [-0.25, -0.2) is 4.57 Å². The molecule has 0 aliphatic carbocycles. The van der Waals surface area contributed by atoms with Gasteiger partial charge in [0.1, 0.15) is 17.8 Å². The molecule has 0 radical (unpaired) electrons. The Labute approximate surface area is 145 Å². The first-order valence-electron chi connectivity index (χ1n) is 7.15. The van der Waals surface area contributed by atoms with Gasteiger partial charge in [0.2, 0.25) is 0 Å². The summed E-state index contributed by atoms with van der Waals surface area (Å²) in [5.74, 6) is 0.546. The fraction of sp³-hybridized carbons (Fsp3) is 0.118. The lowest BCUT2D eigenvalue weighted by Crippen LogP contribution is -2.20. The van der Waals surface area contributed by atoms with Crippen molar-refractivity contribution in [3.63, 3.8) is 0 Å². The van der Waals surface area contributed by atoms with E-state index in [4.69, 9.17) is 24.8 Å². The summed E-state index contributed by atoms with van der Waals surface area (Å²) in [7, 11) is -3.67. The highest BCUT2D eigenvalue weighted by Gasteiger charge is 2.28. The molecule has 1 N–H and O–H groups in total. The quantitative estimate of drug-likeness (QED) is 0.462. The topological polar surface area (TPSA) is 119 Å². The lowest BCUT2D eigenvalue weighted by Gasteiger charge is -2.20. The van der Waals surface area contributed by atoms with E-state index in [0.717, 1.165) is 0 Å². The lowest BCUT2D eigenvalue weighted by molar-refractivity contribution is 0.382. The second-order valence-corrected chi connectivity index (χ2v) is 6.71. The molecule has 2 rings (SSSR count). The first kappa shape index (κ1) is 18.0. The van der Waals surface area contributed by atoms with Crippen LogP contribution < -0.4 is 14.4 Å². The van der Waals surface area contributed by atoms with Crippen LogP contribution in [0.2, 0.25) is 0 Å². The first-order chi connectivity index (χ1) is 12.1. The van der Waals surface area contributed by atoms with E-state index in [2.05, 4.69) is 5.32 Å². The van der Waals surface area contributed by atoms with Crippen LogP contribution in [0.5, 0.6) is 11.5 Å². The largest absolute Gasteiger partial charge is 0.444 e. The van der Waals surface area contributed by atoms with Gasteiger partial charge in [0.05, 0.1) is 35.9 Å². The minimum Gasteiger partial charge on any atom is -0.415 e. The summed E-state index contributed by atoms with van der Waals surface area (Å²) in [6.07, 6.45) is -0.180. The third-order valence-electron chi connectivity index (χ3n) is 2.97. The minimum absolute atomic E-state index is 0.0164. The van der Waals surface area contributed by atoms with Crippen LogP contribution in [-0.4, -0.2) is 12.8 Å². The van der Waals surface area contributed by atoms with Gasteiger partial charge in [0, 0.05) is 0 Å². The molecule has 0 heterocycles. The van der Waals surface area contributed by atoms with Gasteiger partial charge in [-0.3, -0.25) is 5.32 Å². The second kappa shape index (κ2) is 8.52. The maximum atomic E-state index is 13.0. The molecular weight excluding hydrogens is 339 g/mol. The molecule has 0 atom stereocenters. The van der Waals surface area contributed by atoms with Crippen molar-refractivity contribution in [2.45, 2.75) is 0 Å². The Morgan fingerprint density at radius 1 is 0.840 bits per heavy atom. The van der Waals surface area contributed by atoms with Gasteiger partial charge in [-0.1, -0.05) is 0 Å². The Morgan fingerprint density at radius 3 is 1.64 bits per heavy atom. The van der Waals surface area contributed by atoms with Crippen molar-refractivity contribution in [1.82, 2.24) is 5.32 Å². The molecule has 25 heavy (non-hydrogen) atoms. The summed E-state index contributed by atoms with van der Waals surface area (Å²) in [6, 6.07) is 18.0. The van der Waals surface area contributed by atoms with Crippen molar-refractivity contribution in [2.24, 2.45) is 0 Å². The molecule has 0 aromatic heterocycles. The number of nitrogens with zero attached hydrogens (tertiary/aromatic N) is 3. The first-order valence-corrected chi connectivity index (χ1v) is 8.87. The SMILES string of the molecule is N#CCNCP(=O)(Oc1ccc(C#N)cc1)Oc1ccc(C#N)cc1. The van der Waals surface area contributed by atoms with Crippen molar-refractivity contribution >= 4 is 7.60 Å². The summed E-state index contributed by atoms with van der Waals surface area (Å²) in [6.45, 7) is -0.0164. The molecule has 0 saturated heterocycles. The van der Waals surface area contributed by atoms with Gasteiger partial charge in [0.25, 0.3) is 0 Å². The normalized spacial score (nSPS) is 10.1. The molecular formula is C17H13N4O3P. The van der Waals surface area contributed by atoms with Crippen molar-refractivity contribution < 1.29 is 13.6 Å². The van der Waals surface area contributed by atoms with E-state index in [1.807, 2.05) is 18.2 Å². The molecule has 0 amide bonds. The number of hydrogen-bond donors (Lipinski definition) is 1. The number of hydrogen-bond acceptors (Lipinski definition) is 7. The van der Waals surface area contributed by atoms with E-state index in [-0.39, 0.29) is 24.3 Å². The van der Waals surface area contributed by atoms with Crippen LogP contribution in [0, 0.1) is 34.0 Å². The molecule has 7 nitrogen and oxygen atoms in total. The molecule has 0 fully saturated rings. The van der Waals surface area contributed by atoms with Gasteiger partial charge < -0.3 is 9.05 Å². The Morgan fingerprint density at radius 2 is 1.28 bits per heavy atom. The van der Waals surface area contributed by atoms with Crippen LogP contribution in [-0.2, 0) is 4.57 Å². The van der Waals surface area contributed by atoms with E-state index in [0.29, 0.717) is 11.1 Å². The summed E-state index contributed by atoms with van der Waals surface area (Å²) in [5.41, 5.74) is 0.885. The van der Waals surface area contributed by atoms with Crippen LogP contribution in [0.4, 0.5) is 0 Å². The Hall–Kier alpha value is -3.30. The van der Waals surface area contributed by atoms with E-state index in [1.165, 1.54) is 48.5 Å². The van der Waals surface area contributed by atoms with Gasteiger partial charge in [-0.2, -0.15) is 15.8 Å². The molecule has 124 valence electrons. The zero-order valence-electron chi connectivity index (χ0n) is 13.0. The fourth-order valence-electron chi connectivity index (χ4n) is 1.83. The number of nitrogens with one attached hydrogen (secondary N) is 1. The molecule has 8 heteroatoms. The summed E-state index contributed by atoms with van der Waals surface area (Å²) in [5, 5.41) is 28.9. The highest BCUT2D eigenvalue weighted by atomic mass is 31.2. The number of rotatable bonds is 7. The monoisotopic (exact) mass is 352 g/mol. The number of benzene rings is 2. The van der Waals surface area contributed by atoms with E-state index in [9.17, 15) is 4.57 Å². The maximum absolute atomic E-state index is 13.0. The molecule has 0 aliphatic heterocycles. The van der Waals surface area contributed by atoms with Gasteiger partial charge in [0.15, 0.2) is 0 Å². The molecule has 2 aromatic rings. The maximum Gasteiger partial charge on any atom is 0.444 e. The van der Waals surface area contributed by atoms with Crippen LogP contribution in [0.1, 0.15) is 11.1 Å². The van der Waals surface area contributed by atoms with Gasteiger partial charge in [-0.05, 0) is 48.5 Å². The summed E-state index contributed by atoms with van der Waals surface area (Å²) in [4.78, 5) is 0. The van der Waals surface area contributed by atoms with Crippen molar-refractivity contribution in [1.29, 1.82) is 15.8 Å². The Bertz CT molecular complexity index is 826. The van der Waals surface area contributed by atoms with Crippen LogP contribution >= 0.6 is 7.60 Å². The molecule has 0 aliphatic rings. The molecule has 2 aromatic carbocycles. The smallest absolute Gasteiger partial charge is 0.415 e. The minimum atomic E-state index is -3.67. The Balaban J connectivity index is 2.19. The van der Waals surface area contributed by atoms with Crippen LogP contribution in [0.25, 0.3) is 0 Å². The summed E-state index contributed by atoms with van der Waals surface area (Å²) >= 11 is 0. The second-order valence-electron chi connectivity index (χ2n) is 4.81. The molecule has 0 saturated carbocycles. The fourth-order valence-corrected chi connectivity index (χ4v) is 3.27. The third-order valence-corrected chi connectivity index (χ3v) is 4.55. The standard InChI is InChI=1S/C17H13N4O3P/c18-9-10-21-13-25(22,23-16-5-1-14(11-19)2-6-16)24-17-7-3-15(12-20)4-8-17/h1-8,21H,10,13H2. The highest BCUT2D eigenvalue weighted by molar-refractivity contribution is 7.54. The average molecular weight is 352 g/mol. The Kier molecular flexibility index (Phi) is 6.15. The zero-order chi connectivity index (χ0) is 18.1. The third kappa shape index (κ3) is 5.37. The predicted molar refractivity (Wildman–Crippen MR) is 89.7 cm³/mol. The predicted octanol–water partition coefficient (Wildman–Crippen LogP) is 3.15. The van der Waals surface area contributed by atoms with Gasteiger partial charge in [-0.15, -0.1) is 0 Å². The molecule has 0 unspecified atom stereocenters. The van der Waals surface area contributed by atoms with Crippen molar-refractivity contribution in [2.75, 3.05) is 12.8 Å². The van der Waals surface area contributed by atoms with Crippen LogP contribution in [0.3, 0.4) is 0 Å². The van der Waals surface area contributed by atoms with E-state index < -0.39 is 7.60 Å². The summed E-state index contributed by atoms with van der Waals surface area (Å²) < 4.78 is 24.0. The zero-order valence-corrected chi connectivity index (χ0v) is 13.9. The van der Waals surface area contributed by atoms with Crippen LogP contribution in [0.15, 0.2) is 48.5 Å². The van der Waals surface area contributed by atoms with Crippen molar-refractivity contribution in [3.8, 4) is 29.7 Å². The van der Waals surface area contributed by atoms with E-state index in [1.54, 1.807) is 0 Å². The molecule has 0 spiro atoms. The number of nitriles is 3. The highest BCUT2D eigenvalue weighted by Crippen LogP contribution is 2.47. The lowest BCUT2D eigenvalue weighted by atomic mass is 10.2. The van der Waals surface area contributed by atoms with Gasteiger partial charge >= 0.3 is 7.60 Å². The molecule has 0 bridgehead atoms. The van der Waals surface area contributed by atoms with E-state index >= 15 is 0 Å².